The topological polar surface area (TPSA) is 43.1 Å². The molecule has 0 bridgehead atoms. The predicted molar refractivity (Wildman–Crippen MR) is 114 cm³/mol. The largest absolute Gasteiger partial charge is 0.334 e. The molecule has 0 unspecified atom stereocenters. The third kappa shape index (κ3) is 3.85. The van der Waals surface area contributed by atoms with Crippen LogP contribution in [0.1, 0.15) is 28.4 Å². The van der Waals surface area contributed by atoms with Crippen molar-refractivity contribution < 1.29 is 4.79 Å². The molecule has 2 heterocycles. The van der Waals surface area contributed by atoms with Gasteiger partial charge in [-0.3, -0.25) is 4.79 Å². The van der Waals surface area contributed by atoms with Crippen molar-refractivity contribution in [3.05, 3.63) is 102 Å². The third-order valence-electron chi connectivity index (χ3n) is 4.95. The first-order valence-electron chi connectivity index (χ1n) is 9.79. The van der Waals surface area contributed by atoms with Gasteiger partial charge in [-0.1, -0.05) is 42.5 Å². The van der Waals surface area contributed by atoms with E-state index in [1.54, 1.807) is 6.20 Å². The maximum Gasteiger partial charge on any atom is 0.259 e. The molecule has 0 saturated carbocycles. The molecular formula is C24H24N4O. The quantitative estimate of drug-likeness (QED) is 0.486. The van der Waals surface area contributed by atoms with Gasteiger partial charge < -0.3 is 9.47 Å². The Labute approximate surface area is 170 Å². The Morgan fingerprint density at radius 1 is 1.00 bits per heavy atom. The highest BCUT2D eigenvalue weighted by molar-refractivity contribution is 5.97. The lowest BCUT2D eigenvalue weighted by Crippen LogP contribution is -2.31. The molecule has 0 saturated heterocycles. The minimum atomic E-state index is -0.0287. The molecule has 4 aromatic rings. The molecule has 5 nitrogen and oxygen atoms in total. The summed E-state index contributed by atoms with van der Waals surface area (Å²) >= 11 is 0. The Kier molecular flexibility index (Phi) is 5.29. The molecule has 4 rings (SSSR count). The van der Waals surface area contributed by atoms with Gasteiger partial charge in [0.15, 0.2) is 5.82 Å². The molecule has 0 fully saturated rings. The van der Waals surface area contributed by atoms with Crippen LogP contribution in [0.15, 0.2) is 85.3 Å². The molecule has 0 spiro atoms. The summed E-state index contributed by atoms with van der Waals surface area (Å²) in [6.45, 7) is 5.24. The molecule has 0 aliphatic carbocycles. The lowest BCUT2D eigenvalue weighted by molar-refractivity contribution is 0.0752. The number of carbonyl (C=O) groups excluding carboxylic acids is 1. The average molecular weight is 384 g/mol. The van der Waals surface area contributed by atoms with Crippen molar-refractivity contribution in [3.63, 3.8) is 0 Å². The van der Waals surface area contributed by atoms with Crippen LogP contribution in [-0.4, -0.2) is 31.7 Å². The Morgan fingerprint density at radius 2 is 1.76 bits per heavy atom. The van der Waals surface area contributed by atoms with Crippen LogP contribution in [0.4, 0.5) is 0 Å². The highest BCUT2D eigenvalue weighted by Gasteiger charge is 2.24. The molecule has 2 aromatic carbocycles. The second kappa shape index (κ2) is 8.19. The fraction of sp³-hybridized carbons (Fsp3) is 0.167. The van der Waals surface area contributed by atoms with E-state index in [0.717, 1.165) is 22.6 Å². The van der Waals surface area contributed by atoms with E-state index in [1.165, 1.54) is 0 Å². The van der Waals surface area contributed by atoms with Crippen molar-refractivity contribution in [3.8, 4) is 11.5 Å². The molecular weight excluding hydrogens is 360 g/mol. The number of nitrogens with zero attached hydrogens (tertiary/aromatic N) is 4. The summed E-state index contributed by atoms with van der Waals surface area (Å²) < 4.78 is 3.77. The van der Waals surface area contributed by atoms with E-state index in [-0.39, 0.29) is 5.91 Å². The first kappa shape index (κ1) is 18.7. The van der Waals surface area contributed by atoms with Crippen LogP contribution in [0.2, 0.25) is 0 Å². The predicted octanol–water partition coefficient (Wildman–Crippen LogP) is 4.63. The number of hydrogen-bond acceptors (Lipinski definition) is 2. The minimum Gasteiger partial charge on any atom is -0.334 e. The van der Waals surface area contributed by atoms with Crippen LogP contribution in [0, 0.1) is 6.92 Å². The Hall–Kier alpha value is -3.60. The second-order valence-corrected chi connectivity index (χ2v) is 7.03. The van der Waals surface area contributed by atoms with E-state index in [9.17, 15) is 4.79 Å². The number of hydrogen-bond donors (Lipinski definition) is 0. The smallest absolute Gasteiger partial charge is 0.259 e. The zero-order valence-corrected chi connectivity index (χ0v) is 16.7. The fourth-order valence-electron chi connectivity index (χ4n) is 3.47. The second-order valence-electron chi connectivity index (χ2n) is 7.03. The summed E-state index contributed by atoms with van der Waals surface area (Å²) in [5, 5.41) is 4.58. The van der Waals surface area contributed by atoms with Crippen molar-refractivity contribution in [1.82, 2.24) is 19.2 Å². The minimum absolute atomic E-state index is 0.0287. The van der Waals surface area contributed by atoms with E-state index >= 15 is 0 Å². The lowest BCUT2D eigenvalue weighted by Gasteiger charge is -2.21. The monoisotopic (exact) mass is 384 g/mol. The normalized spacial score (nSPS) is 10.8. The Balaban J connectivity index is 1.76. The highest BCUT2D eigenvalue weighted by atomic mass is 16.2. The summed E-state index contributed by atoms with van der Waals surface area (Å²) in [7, 11) is 0. The number of carbonyl (C=O) groups is 1. The molecule has 0 aliphatic rings. The van der Waals surface area contributed by atoms with Crippen LogP contribution < -0.4 is 0 Å². The number of aromatic nitrogens is 3. The van der Waals surface area contributed by atoms with Gasteiger partial charge in [0.1, 0.15) is 5.56 Å². The van der Waals surface area contributed by atoms with Gasteiger partial charge in [0.05, 0.1) is 11.9 Å². The van der Waals surface area contributed by atoms with Crippen LogP contribution in [0.5, 0.6) is 0 Å². The number of benzene rings is 2. The van der Waals surface area contributed by atoms with Crippen molar-refractivity contribution >= 4 is 5.91 Å². The molecule has 0 N–H and O–H groups in total. The zero-order valence-electron chi connectivity index (χ0n) is 16.7. The fourth-order valence-corrected chi connectivity index (χ4v) is 3.47. The molecule has 29 heavy (non-hydrogen) atoms. The third-order valence-corrected chi connectivity index (χ3v) is 4.95. The Morgan fingerprint density at radius 3 is 2.45 bits per heavy atom. The van der Waals surface area contributed by atoms with E-state index in [1.807, 2.05) is 101 Å². The molecule has 146 valence electrons. The maximum atomic E-state index is 13.5. The Bertz CT molecular complexity index is 1100. The highest BCUT2D eigenvalue weighted by Crippen LogP contribution is 2.22. The van der Waals surface area contributed by atoms with Gasteiger partial charge in [0, 0.05) is 25.5 Å². The van der Waals surface area contributed by atoms with Gasteiger partial charge in [-0.25, -0.2) is 4.68 Å². The van der Waals surface area contributed by atoms with Crippen molar-refractivity contribution in [2.24, 2.45) is 0 Å². The summed E-state index contributed by atoms with van der Waals surface area (Å²) in [6, 6.07) is 22.1. The molecule has 0 aliphatic heterocycles. The molecule has 1 amide bonds. The van der Waals surface area contributed by atoms with Gasteiger partial charge in [0.25, 0.3) is 5.91 Å². The van der Waals surface area contributed by atoms with Crippen LogP contribution in [0.3, 0.4) is 0 Å². The standard InChI is InChI=1S/C24H24N4O/c1-3-26(18-20-11-5-4-6-12-20)24(29)22-17-25-28(21-13-9-10-19(2)16-21)23(22)27-14-7-8-15-27/h4-17H,3,18H2,1-2H3. The van der Waals surface area contributed by atoms with Crippen molar-refractivity contribution in [2.75, 3.05) is 6.54 Å². The van der Waals surface area contributed by atoms with Gasteiger partial charge >= 0.3 is 0 Å². The van der Waals surface area contributed by atoms with Gasteiger partial charge in [-0.15, -0.1) is 0 Å². The molecule has 5 heteroatoms. The van der Waals surface area contributed by atoms with Crippen LogP contribution in [0.25, 0.3) is 11.5 Å². The van der Waals surface area contributed by atoms with E-state index in [0.29, 0.717) is 18.7 Å². The van der Waals surface area contributed by atoms with Crippen LogP contribution >= 0.6 is 0 Å². The maximum absolute atomic E-state index is 13.5. The average Bonchev–Trinajstić information content (AvgIpc) is 3.41. The zero-order chi connectivity index (χ0) is 20.2. The molecule has 0 atom stereocenters. The molecule has 2 aromatic heterocycles. The number of rotatable bonds is 6. The number of aryl methyl sites for hydroxylation is 1. The summed E-state index contributed by atoms with van der Waals surface area (Å²) in [6.07, 6.45) is 5.55. The van der Waals surface area contributed by atoms with Crippen molar-refractivity contribution in [2.45, 2.75) is 20.4 Å². The van der Waals surface area contributed by atoms with Gasteiger partial charge in [0.2, 0.25) is 0 Å². The first-order valence-corrected chi connectivity index (χ1v) is 9.79. The van der Waals surface area contributed by atoms with E-state index in [2.05, 4.69) is 11.2 Å². The molecule has 0 radical (unpaired) electrons. The van der Waals surface area contributed by atoms with Gasteiger partial charge in [-0.05, 0) is 49.2 Å². The van der Waals surface area contributed by atoms with Gasteiger partial charge in [-0.2, -0.15) is 5.10 Å². The number of amides is 1. The van der Waals surface area contributed by atoms with E-state index in [4.69, 9.17) is 0 Å². The van der Waals surface area contributed by atoms with Crippen molar-refractivity contribution in [1.29, 1.82) is 0 Å². The summed E-state index contributed by atoms with van der Waals surface area (Å²) in [5.74, 6) is 0.719. The van der Waals surface area contributed by atoms with Crippen LogP contribution in [-0.2, 0) is 6.54 Å². The lowest BCUT2D eigenvalue weighted by atomic mass is 10.2. The summed E-state index contributed by atoms with van der Waals surface area (Å²) in [4.78, 5) is 15.3. The first-order chi connectivity index (χ1) is 14.2. The summed E-state index contributed by atoms with van der Waals surface area (Å²) in [5.41, 5.74) is 3.76. The van der Waals surface area contributed by atoms with E-state index < -0.39 is 0 Å². The SMILES string of the molecule is CCN(Cc1ccccc1)C(=O)c1cnn(-c2cccc(C)c2)c1-n1cccc1.